The maximum absolute atomic E-state index is 11.0. The molecule has 100 valence electrons. The van der Waals surface area contributed by atoms with Crippen molar-refractivity contribution in [2.24, 2.45) is 12.8 Å². The molecule has 0 saturated carbocycles. The Morgan fingerprint density at radius 2 is 1.95 bits per heavy atom. The average Bonchev–Trinajstić information content (AvgIpc) is 2.62. The molecule has 1 amide bonds. The summed E-state index contributed by atoms with van der Waals surface area (Å²) in [5.74, 6) is -0.412. The van der Waals surface area contributed by atoms with E-state index in [1.54, 1.807) is 12.1 Å². The first-order valence-electron chi connectivity index (χ1n) is 6.12. The van der Waals surface area contributed by atoms with Gasteiger partial charge in [0.05, 0.1) is 5.69 Å². The molecule has 0 atom stereocenters. The number of carbonyl (C=O) groups excluding carboxylic acids is 1. The SMILES string of the molecule is Cc1nn(C)c(C)c1CNc1ccc(C(N)=O)cc1. The third-order valence-corrected chi connectivity index (χ3v) is 3.30. The van der Waals surface area contributed by atoms with Gasteiger partial charge in [-0.15, -0.1) is 0 Å². The molecule has 0 aliphatic rings. The highest BCUT2D eigenvalue weighted by Crippen LogP contribution is 2.15. The quantitative estimate of drug-likeness (QED) is 0.877. The van der Waals surface area contributed by atoms with Crippen molar-refractivity contribution in [2.75, 3.05) is 5.32 Å². The van der Waals surface area contributed by atoms with Crippen LogP contribution >= 0.6 is 0 Å². The molecule has 5 heteroatoms. The van der Waals surface area contributed by atoms with Crippen molar-refractivity contribution in [1.82, 2.24) is 9.78 Å². The Morgan fingerprint density at radius 1 is 1.32 bits per heavy atom. The third-order valence-electron chi connectivity index (χ3n) is 3.30. The van der Waals surface area contributed by atoms with Crippen LogP contribution in [0.25, 0.3) is 0 Å². The van der Waals surface area contributed by atoms with Crippen LogP contribution in [-0.4, -0.2) is 15.7 Å². The summed E-state index contributed by atoms with van der Waals surface area (Å²) in [5, 5.41) is 7.69. The van der Waals surface area contributed by atoms with E-state index >= 15 is 0 Å². The minimum atomic E-state index is -0.412. The molecule has 0 saturated heterocycles. The largest absolute Gasteiger partial charge is 0.381 e. The number of hydrogen-bond acceptors (Lipinski definition) is 3. The summed E-state index contributed by atoms with van der Waals surface area (Å²) < 4.78 is 1.88. The van der Waals surface area contributed by atoms with Gasteiger partial charge in [0.2, 0.25) is 5.91 Å². The highest BCUT2D eigenvalue weighted by atomic mass is 16.1. The number of aryl methyl sites for hydroxylation is 2. The van der Waals surface area contributed by atoms with Crippen molar-refractivity contribution < 1.29 is 4.79 Å². The molecule has 0 unspecified atom stereocenters. The van der Waals surface area contributed by atoms with E-state index in [2.05, 4.69) is 10.4 Å². The third kappa shape index (κ3) is 2.76. The van der Waals surface area contributed by atoms with Gasteiger partial charge >= 0.3 is 0 Å². The number of nitrogens with two attached hydrogens (primary N) is 1. The average molecular weight is 258 g/mol. The molecule has 0 fully saturated rings. The van der Waals surface area contributed by atoms with Gasteiger partial charge in [-0.2, -0.15) is 5.10 Å². The first kappa shape index (κ1) is 13.1. The summed E-state index contributed by atoms with van der Waals surface area (Å²) in [6.07, 6.45) is 0. The lowest BCUT2D eigenvalue weighted by Crippen LogP contribution is -2.10. The van der Waals surface area contributed by atoms with Gasteiger partial charge in [-0.05, 0) is 38.1 Å². The Kier molecular flexibility index (Phi) is 3.55. The highest BCUT2D eigenvalue weighted by Gasteiger charge is 2.08. The van der Waals surface area contributed by atoms with Crippen molar-refractivity contribution in [2.45, 2.75) is 20.4 Å². The Labute approximate surface area is 112 Å². The van der Waals surface area contributed by atoms with Crippen molar-refractivity contribution in [1.29, 1.82) is 0 Å². The first-order chi connectivity index (χ1) is 8.99. The van der Waals surface area contributed by atoms with Crippen LogP contribution in [0, 0.1) is 13.8 Å². The van der Waals surface area contributed by atoms with Gasteiger partial charge in [0.1, 0.15) is 0 Å². The molecule has 2 rings (SSSR count). The Bertz CT molecular complexity index is 599. The number of amides is 1. The fraction of sp³-hybridized carbons (Fsp3) is 0.286. The lowest BCUT2D eigenvalue weighted by atomic mass is 10.1. The molecule has 2 aromatic rings. The molecule has 0 aliphatic heterocycles. The minimum Gasteiger partial charge on any atom is -0.381 e. The number of rotatable bonds is 4. The molecule has 1 heterocycles. The molecule has 19 heavy (non-hydrogen) atoms. The van der Waals surface area contributed by atoms with E-state index < -0.39 is 5.91 Å². The van der Waals surface area contributed by atoms with Crippen LogP contribution in [0.1, 0.15) is 27.3 Å². The minimum absolute atomic E-state index is 0.412. The van der Waals surface area contributed by atoms with E-state index in [-0.39, 0.29) is 0 Å². The number of aromatic nitrogens is 2. The smallest absolute Gasteiger partial charge is 0.248 e. The standard InChI is InChI=1S/C14H18N4O/c1-9-13(10(2)18(3)17-9)8-16-12-6-4-11(5-7-12)14(15)19/h4-7,16H,8H2,1-3H3,(H2,15,19). The molecule has 3 N–H and O–H groups in total. The zero-order valence-electron chi connectivity index (χ0n) is 11.4. The normalized spacial score (nSPS) is 10.5. The van der Waals surface area contributed by atoms with Crippen molar-refractivity contribution in [3.05, 3.63) is 46.8 Å². The van der Waals surface area contributed by atoms with Crippen molar-refractivity contribution in [3.8, 4) is 0 Å². The highest BCUT2D eigenvalue weighted by molar-refractivity contribution is 5.93. The number of benzene rings is 1. The molecule has 0 radical (unpaired) electrons. The maximum atomic E-state index is 11.0. The molecule has 0 spiro atoms. The van der Waals surface area contributed by atoms with E-state index in [1.165, 1.54) is 5.56 Å². The Balaban J connectivity index is 2.08. The molecular weight excluding hydrogens is 240 g/mol. The molecule has 1 aromatic carbocycles. The number of nitrogens with one attached hydrogen (secondary N) is 1. The lowest BCUT2D eigenvalue weighted by molar-refractivity contribution is 0.100. The molecule has 0 aliphatic carbocycles. The lowest BCUT2D eigenvalue weighted by Gasteiger charge is -2.07. The van der Waals surface area contributed by atoms with Gasteiger partial charge in [0.25, 0.3) is 0 Å². The van der Waals surface area contributed by atoms with Crippen LogP contribution in [0.3, 0.4) is 0 Å². The topological polar surface area (TPSA) is 72.9 Å². The van der Waals surface area contributed by atoms with E-state index in [1.807, 2.05) is 37.7 Å². The maximum Gasteiger partial charge on any atom is 0.248 e. The number of hydrogen-bond donors (Lipinski definition) is 2. The number of anilines is 1. The summed E-state index contributed by atoms with van der Waals surface area (Å²) in [5.41, 5.74) is 10.0. The van der Waals surface area contributed by atoms with E-state index in [9.17, 15) is 4.79 Å². The van der Waals surface area contributed by atoms with Crippen molar-refractivity contribution >= 4 is 11.6 Å². The van der Waals surface area contributed by atoms with Crippen LogP contribution in [-0.2, 0) is 13.6 Å². The van der Waals surface area contributed by atoms with Gasteiger partial charge in [-0.1, -0.05) is 0 Å². The van der Waals surface area contributed by atoms with Gasteiger partial charge in [0, 0.05) is 36.1 Å². The summed E-state index contributed by atoms with van der Waals surface area (Å²) in [6.45, 7) is 4.76. The molecular formula is C14H18N4O. The van der Waals surface area contributed by atoms with Crippen LogP contribution in [0.2, 0.25) is 0 Å². The fourth-order valence-corrected chi connectivity index (χ4v) is 2.02. The van der Waals surface area contributed by atoms with Gasteiger partial charge < -0.3 is 11.1 Å². The van der Waals surface area contributed by atoms with Crippen LogP contribution in [0.4, 0.5) is 5.69 Å². The molecule has 5 nitrogen and oxygen atoms in total. The monoisotopic (exact) mass is 258 g/mol. The fourth-order valence-electron chi connectivity index (χ4n) is 2.02. The Morgan fingerprint density at radius 3 is 2.42 bits per heavy atom. The van der Waals surface area contributed by atoms with E-state index in [0.717, 1.165) is 17.1 Å². The first-order valence-corrected chi connectivity index (χ1v) is 6.12. The second-order valence-corrected chi connectivity index (χ2v) is 4.57. The van der Waals surface area contributed by atoms with E-state index in [0.29, 0.717) is 12.1 Å². The summed E-state index contributed by atoms with van der Waals surface area (Å²) in [6, 6.07) is 7.13. The Hall–Kier alpha value is -2.30. The van der Waals surface area contributed by atoms with Crippen molar-refractivity contribution in [3.63, 3.8) is 0 Å². The molecule has 1 aromatic heterocycles. The number of nitrogens with zero attached hydrogens (tertiary/aromatic N) is 2. The van der Waals surface area contributed by atoms with Crippen LogP contribution < -0.4 is 11.1 Å². The number of carbonyl (C=O) groups is 1. The summed E-state index contributed by atoms with van der Waals surface area (Å²) >= 11 is 0. The van der Waals surface area contributed by atoms with Gasteiger partial charge in [0.15, 0.2) is 0 Å². The predicted octanol–water partition coefficient (Wildman–Crippen LogP) is 1.75. The van der Waals surface area contributed by atoms with E-state index in [4.69, 9.17) is 5.73 Å². The number of primary amides is 1. The summed E-state index contributed by atoms with van der Waals surface area (Å²) in [7, 11) is 1.94. The van der Waals surface area contributed by atoms with Gasteiger partial charge in [-0.25, -0.2) is 0 Å². The second-order valence-electron chi connectivity index (χ2n) is 4.57. The van der Waals surface area contributed by atoms with Gasteiger partial charge in [-0.3, -0.25) is 9.48 Å². The molecule has 0 bridgehead atoms. The zero-order chi connectivity index (χ0) is 14.0. The predicted molar refractivity (Wildman–Crippen MR) is 75.0 cm³/mol. The second kappa shape index (κ2) is 5.14. The van der Waals surface area contributed by atoms with Crippen LogP contribution in [0.5, 0.6) is 0 Å². The summed E-state index contributed by atoms with van der Waals surface area (Å²) in [4.78, 5) is 11.0. The zero-order valence-corrected chi connectivity index (χ0v) is 11.4. The van der Waals surface area contributed by atoms with Crippen LogP contribution in [0.15, 0.2) is 24.3 Å².